The molecular formula is C19H24N4OS. The van der Waals surface area contributed by atoms with Gasteiger partial charge in [-0.15, -0.1) is 0 Å². The maximum absolute atomic E-state index is 9.46. The number of piperazine rings is 1. The van der Waals surface area contributed by atoms with E-state index < -0.39 is 0 Å². The molecule has 0 spiro atoms. The largest absolute Gasteiger partial charge is 0.396 e. The summed E-state index contributed by atoms with van der Waals surface area (Å²) in [6.45, 7) is 3.68. The van der Waals surface area contributed by atoms with Gasteiger partial charge in [-0.25, -0.2) is 0 Å². The number of anilines is 1. The SMILES string of the molecule is OCCC1CN(C(=S)Nc2ccccc2)CCN1Cc1ccncc1. The van der Waals surface area contributed by atoms with E-state index >= 15 is 0 Å². The summed E-state index contributed by atoms with van der Waals surface area (Å²) in [5.41, 5.74) is 2.25. The lowest BCUT2D eigenvalue weighted by Gasteiger charge is -2.42. The number of aliphatic hydroxyl groups is 1. The van der Waals surface area contributed by atoms with E-state index in [2.05, 4.69) is 20.1 Å². The molecule has 0 saturated carbocycles. The zero-order chi connectivity index (χ0) is 17.5. The van der Waals surface area contributed by atoms with Gasteiger partial charge in [-0.3, -0.25) is 9.88 Å². The third-order valence-corrected chi connectivity index (χ3v) is 4.87. The molecule has 3 rings (SSSR count). The van der Waals surface area contributed by atoms with Gasteiger partial charge in [0, 0.05) is 56.9 Å². The Labute approximate surface area is 154 Å². The highest BCUT2D eigenvalue weighted by molar-refractivity contribution is 7.80. The highest BCUT2D eigenvalue weighted by Gasteiger charge is 2.27. The van der Waals surface area contributed by atoms with Crippen molar-refractivity contribution in [1.82, 2.24) is 14.8 Å². The van der Waals surface area contributed by atoms with Gasteiger partial charge in [0.2, 0.25) is 0 Å². The van der Waals surface area contributed by atoms with Crippen LogP contribution in [0.25, 0.3) is 0 Å². The quantitative estimate of drug-likeness (QED) is 0.802. The van der Waals surface area contributed by atoms with Crippen LogP contribution in [0.4, 0.5) is 5.69 Å². The Hall–Kier alpha value is -2.02. The van der Waals surface area contributed by atoms with E-state index in [0.717, 1.165) is 43.4 Å². The first kappa shape index (κ1) is 17.8. The molecule has 1 atom stereocenters. The number of benzene rings is 1. The second-order valence-electron chi connectivity index (χ2n) is 6.23. The summed E-state index contributed by atoms with van der Waals surface area (Å²) in [6.07, 6.45) is 4.40. The number of nitrogens with one attached hydrogen (secondary N) is 1. The van der Waals surface area contributed by atoms with Gasteiger partial charge >= 0.3 is 0 Å². The van der Waals surface area contributed by atoms with E-state index in [9.17, 15) is 5.11 Å². The van der Waals surface area contributed by atoms with Gasteiger partial charge in [0.25, 0.3) is 0 Å². The van der Waals surface area contributed by atoms with Crippen molar-refractivity contribution in [3.8, 4) is 0 Å². The summed E-state index contributed by atoms with van der Waals surface area (Å²) >= 11 is 5.59. The van der Waals surface area contributed by atoms with Gasteiger partial charge in [0.15, 0.2) is 5.11 Å². The minimum Gasteiger partial charge on any atom is -0.396 e. The summed E-state index contributed by atoms with van der Waals surface area (Å²) in [5.74, 6) is 0. The Morgan fingerprint density at radius 3 is 2.64 bits per heavy atom. The Bertz CT molecular complexity index is 668. The van der Waals surface area contributed by atoms with Gasteiger partial charge in [-0.1, -0.05) is 18.2 Å². The Balaban J connectivity index is 1.61. The van der Waals surface area contributed by atoms with Crippen LogP contribution in [-0.2, 0) is 6.54 Å². The molecule has 2 N–H and O–H groups in total. The minimum atomic E-state index is 0.185. The van der Waals surface area contributed by atoms with E-state index in [1.165, 1.54) is 5.56 Å². The molecule has 1 fully saturated rings. The van der Waals surface area contributed by atoms with Crippen molar-refractivity contribution in [3.05, 3.63) is 60.4 Å². The van der Waals surface area contributed by atoms with Crippen LogP contribution in [0.5, 0.6) is 0 Å². The molecule has 0 bridgehead atoms. The summed E-state index contributed by atoms with van der Waals surface area (Å²) < 4.78 is 0. The number of pyridine rings is 1. The van der Waals surface area contributed by atoms with Crippen LogP contribution >= 0.6 is 12.2 Å². The van der Waals surface area contributed by atoms with Crippen molar-refractivity contribution >= 4 is 23.0 Å². The molecular weight excluding hydrogens is 332 g/mol. The average Bonchev–Trinajstić information content (AvgIpc) is 2.65. The van der Waals surface area contributed by atoms with Crippen LogP contribution in [0, 0.1) is 0 Å². The molecule has 0 amide bonds. The Morgan fingerprint density at radius 2 is 1.92 bits per heavy atom. The molecule has 1 saturated heterocycles. The van der Waals surface area contributed by atoms with Crippen molar-refractivity contribution in [2.45, 2.75) is 19.0 Å². The maximum Gasteiger partial charge on any atom is 0.173 e. The first-order chi connectivity index (χ1) is 12.3. The summed E-state index contributed by atoms with van der Waals surface area (Å²) in [7, 11) is 0. The molecule has 25 heavy (non-hydrogen) atoms. The lowest BCUT2D eigenvalue weighted by atomic mass is 10.1. The van der Waals surface area contributed by atoms with Crippen molar-refractivity contribution in [2.75, 3.05) is 31.6 Å². The second-order valence-corrected chi connectivity index (χ2v) is 6.62. The van der Waals surface area contributed by atoms with E-state index in [1.54, 1.807) is 0 Å². The molecule has 5 nitrogen and oxygen atoms in total. The second kappa shape index (κ2) is 8.89. The van der Waals surface area contributed by atoms with Crippen LogP contribution in [-0.4, -0.2) is 57.3 Å². The number of hydrogen-bond acceptors (Lipinski definition) is 4. The van der Waals surface area contributed by atoms with Crippen molar-refractivity contribution in [1.29, 1.82) is 0 Å². The van der Waals surface area contributed by atoms with Gasteiger partial charge < -0.3 is 15.3 Å². The smallest absolute Gasteiger partial charge is 0.173 e. The highest BCUT2D eigenvalue weighted by atomic mass is 32.1. The van der Waals surface area contributed by atoms with E-state index in [1.807, 2.05) is 54.9 Å². The average molecular weight is 356 g/mol. The number of thiocarbonyl (C=S) groups is 1. The topological polar surface area (TPSA) is 51.6 Å². The predicted octanol–water partition coefficient (Wildman–Crippen LogP) is 2.35. The Morgan fingerprint density at radius 1 is 1.16 bits per heavy atom. The summed E-state index contributed by atoms with van der Waals surface area (Å²) in [4.78, 5) is 8.70. The standard InChI is InChI=1S/C19H24N4OS/c24-13-8-18-15-23(19(25)21-17-4-2-1-3-5-17)12-11-22(18)14-16-6-9-20-10-7-16/h1-7,9-10,18,24H,8,11-15H2,(H,21,25). The lowest BCUT2D eigenvalue weighted by molar-refractivity contribution is 0.0855. The molecule has 0 aliphatic carbocycles. The zero-order valence-corrected chi connectivity index (χ0v) is 15.0. The highest BCUT2D eigenvalue weighted by Crippen LogP contribution is 2.17. The van der Waals surface area contributed by atoms with Crippen LogP contribution in [0.2, 0.25) is 0 Å². The molecule has 1 aliphatic rings. The monoisotopic (exact) mass is 356 g/mol. The zero-order valence-electron chi connectivity index (χ0n) is 14.2. The Kier molecular flexibility index (Phi) is 6.33. The molecule has 1 aromatic heterocycles. The third-order valence-electron chi connectivity index (χ3n) is 4.51. The molecule has 1 unspecified atom stereocenters. The van der Waals surface area contributed by atoms with Crippen molar-refractivity contribution in [2.24, 2.45) is 0 Å². The third kappa shape index (κ3) is 4.98. The maximum atomic E-state index is 9.46. The van der Waals surface area contributed by atoms with E-state index in [4.69, 9.17) is 12.2 Å². The summed E-state index contributed by atoms with van der Waals surface area (Å²) in [6, 6.07) is 14.4. The molecule has 2 heterocycles. The van der Waals surface area contributed by atoms with Crippen LogP contribution < -0.4 is 5.32 Å². The normalized spacial score (nSPS) is 18.1. The van der Waals surface area contributed by atoms with Crippen molar-refractivity contribution < 1.29 is 5.11 Å². The molecule has 6 heteroatoms. The number of aliphatic hydroxyl groups excluding tert-OH is 1. The summed E-state index contributed by atoms with van der Waals surface area (Å²) in [5, 5.41) is 13.5. The molecule has 132 valence electrons. The lowest BCUT2D eigenvalue weighted by Crippen LogP contribution is -2.55. The fraction of sp³-hybridized carbons (Fsp3) is 0.368. The molecule has 0 radical (unpaired) electrons. The van der Waals surface area contributed by atoms with E-state index in [-0.39, 0.29) is 12.6 Å². The van der Waals surface area contributed by atoms with Crippen molar-refractivity contribution in [3.63, 3.8) is 0 Å². The van der Waals surface area contributed by atoms with Gasteiger partial charge in [-0.2, -0.15) is 0 Å². The van der Waals surface area contributed by atoms with Gasteiger partial charge in [-0.05, 0) is 48.5 Å². The number of rotatable bonds is 5. The molecule has 1 aliphatic heterocycles. The van der Waals surface area contributed by atoms with Crippen LogP contribution in [0.3, 0.4) is 0 Å². The minimum absolute atomic E-state index is 0.185. The first-order valence-electron chi connectivity index (χ1n) is 8.61. The fourth-order valence-corrected chi connectivity index (χ4v) is 3.44. The van der Waals surface area contributed by atoms with E-state index in [0.29, 0.717) is 0 Å². The number of nitrogens with zero attached hydrogens (tertiary/aromatic N) is 3. The molecule has 1 aromatic carbocycles. The van der Waals surface area contributed by atoms with Gasteiger partial charge in [0.05, 0.1) is 0 Å². The van der Waals surface area contributed by atoms with Crippen LogP contribution in [0.15, 0.2) is 54.9 Å². The predicted molar refractivity (Wildman–Crippen MR) is 104 cm³/mol. The number of hydrogen-bond donors (Lipinski definition) is 2. The first-order valence-corrected chi connectivity index (χ1v) is 9.02. The van der Waals surface area contributed by atoms with Gasteiger partial charge in [0.1, 0.15) is 0 Å². The number of para-hydroxylation sites is 1. The van der Waals surface area contributed by atoms with Crippen LogP contribution in [0.1, 0.15) is 12.0 Å². The number of aromatic nitrogens is 1. The molecule has 2 aromatic rings. The fourth-order valence-electron chi connectivity index (χ4n) is 3.16.